The van der Waals surface area contributed by atoms with E-state index < -0.39 is 0 Å². The van der Waals surface area contributed by atoms with Gasteiger partial charge >= 0.3 is 0 Å². The van der Waals surface area contributed by atoms with E-state index in [9.17, 15) is 0 Å². The third-order valence-corrected chi connectivity index (χ3v) is 4.66. The van der Waals surface area contributed by atoms with Crippen LogP contribution in [0.4, 0.5) is 0 Å². The summed E-state index contributed by atoms with van der Waals surface area (Å²) >= 11 is 4.86. The molecule has 0 atom stereocenters. The van der Waals surface area contributed by atoms with Gasteiger partial charge in [0.15, 0.2) is 0 Å². The molecule has 0 heterocycles. The van der Waals surface area contributed by atoms with E-state index in [1.165, 1.54) is 35.7 Å². The fourth-order valence-electron chi connectivity index (χ4n) is 0.879. The van der Waals surface area contributed by atoms with Gasteiger partial charge in [-0.3, -0.25) is 0 Å². The molecule has 11 heavy (non-hydrogen) atoms. The summed E-state index contributed by atoms with van der Waals surface area (Å²) < 4.78 is 3.00. The van der Waals surface area contributed by atoms with Crippen molar-refractivity contribution in [3.05, 3.63) is 7.16 Å². The molecule has 0 unspecified atom stereocenters. The first-order valence-electron chi connectivity index (χ1n) is 4.19. The topological polar surface area (TPSA) is 0 Å². The molecular formula is C9H16I2. The quantitative estimate of drug-likeness (QED) is 0.464. The molecule has 0 N–H and O–H groups in total. The Morgan fingerprint density at radius 2 is 1.73 bits per heavy atom. The molecule has 0 aliphatic carbocycles. The molecule has 0 spiro atoms. The average molecular weight is 378 g/mol. The van der Waals surface area contributed by atoms with E-state index >= 15 is 0 Å². The van der Waals surface area contributed by atoms with E-state index in [0.29, 0.717) is 0 Å². The first-order valence-corrected chi connectivity index (χ1v) is 6.35. The predicted octanol–water partition coefficient (Wildman–Crippen LogP) is 5.06. The number of allylic oxidation sites excluding steroid dienone is 2. The van der Waals surface area contributed by atoms with Gasteiger partial charge in [-0.15, -0.1) is 0 Å². The van der Waals surface area contributed by atoms with E-state index in [0.717, 1.165) is 0 Å². The smallest absolute Gasteiger partial charge is 0.000426 e. The minimum absolute atomic E-state index is 1.29. The van der Waals surface area contributed by atoms with Gasteiger partial charge in [-0.25, -0.2) is 0 Å². The molecule has 0 fully saturated rings. The van der Waals surface area contributed by atoms with Gasteiger partial charge < -0.3 is 0 Å². The van der Waals surface area contributed by atoms with Crippen LogP contribution in [0.1, 0.15) is 46.0 Å². The maximum Gasteiger partial charge on any atom is -0.000426 e. The SMILES string of the molecule is CCCCCC/C(I)=C(\C)I. The van der Waals surface area contributed by atoms with Crippen molar-refractivity contribution in [2.75, 3.05) is 0 Å². The average Bonchev–Trinajstić information content (AvgIpc) is 1.97. The maximum atomic E-state index is 2.46. The van der Waals surface area contributed by atoms with Gasteiger partial charge in [-0.1, -0.05) is 26.2 Å². The molecular weight excluding hydrogens is 362 g/mol. The zero-order valence-electron chi connectivity index (χ0n) is 7.29. The van der Waals surface area contributed by atoms with E-state index in [-0.39, 0.29) is 0 Å². The lowest BCUT2D eigenvalue weighted by molar-refractivity contribution is 0.673. The summed E-state index contributed by atoms with van der Waals surface area (Å²) in [6.07, 6.45) is 6.78. The lowest BCUT2D eigenvalue weighted by Gasteiger charge is -1.99. The molecule has 0 saturated carbocycles. The fourth-order valence-corrected chi connectivity index (χ4v) is 1.53. The molecule has 0 saturated heterocycles. The second kappa shape index (κ2) is 7.83. The summed E-state index contributed by atoms with van der Waals surface area (Å²) in [4.78, 5) is 0. The molecule has 0 amide bonds. The zero-order valence-corrected chi connectivity index (χ0v) is 11.6. The summed E-state index contributed by atoms with van der Waals surface area (Å²) in [6.45, 7) is 4.44. The Kier molecular flexibility index (Phi) is 8.68. The molecule has 0 aromatic rings. The number of unbranched alkanes of at least 4 members (excludes halogenated alkanes) is 3. The second-order valence-electron chi connectivity index (χ2n) is 2.75. The number of hydrogen-bond donors (Lipinski definition) is 0. The monoisotopic (exact) mass is 378 g/mol. The number of rotatable bonds is 5. The van der Waals surface area contributed by atoms with Crippen molar-refractivity contribution in [2.45, 2.75) is 46.0 Å². The van der Waals surface area contributed by atoms with Gasteiger partial charge in [0.1, 0.15) is 0 Å². The minimum Gasteiger partial charge on any atom is -0.0654 e. The van der Waals surface area contributed by atoms with Crippen LogP contribution in [-0.4, -0.2) is 0 Å². The van der Waals surface area contributed by atoms with Gasteiger partial charge in [-0.2, -0.15) is 0 Å². The highest BCUT2D eigenvalue weighted by atomic mass is 127. The van der Waals surface area contributed by atoms with Crippen LogP contribution in [0.5, 0.6) is 0 Å². The van der Waals surface area contributed by atoms with Crippen molar-refractivity contribution in [3.8, 4) is 0 Å². The normalized spacial score (nSPS) is 13.1. The molecule has 0 aromatic carbocycles. The largest absolute Gasteiger partial charge is 0.0654 e. The number of halogens is 2. The van der Waals surface area contributed by atoms with Crippen molar-refractivity contribution >= 4 is 45.2 Å². The van der Waals surface area contributed by atoms with Crippen molar-refractivity contribution < 1.29 is 0 Å². The Labute approximate surface area is 97.5 Å². The first kappa shape index (κ1) is 12.2. The minimum atomic E-state index is 1.29. The van der Waals surface area contributed by atoms with Crippen LogP contribution in [0, 0.1) is 0 Å². The van der Waals surface area contributed by atoms with E-state index in [1.807, 2.05) is 0 Å². The molecule has 66 valence electrons. The molecule has 2 heteroatoms. The molecule has 0 nitrogen and oxygen atoms in total. The van der Waals surface area contributed by atoms with Gasteiger partial charge in [0.2, 0.25) is 0 Å². The lowest BCUT2D eigenvalue weighted by Crippen LogP contribution is -1.78. The highest BCUT2D eigenvalue weighted by Gasteiger charge is 1.94. The van der Waals surface area contributed by atoms with Gasteiger partial charge in [0.05, 0.1) is 0 Å². The molecule has 0 radical (unpaired) electrons. The molecule has 0 aliphatic heterocycles. The maximum absolute atomic E-state index is 2.46. The van der Waals surface area contributed by atoms with E-state index in [4.69, 9.17) is 0 Å². The van der Waals surface area contributed by atoms with Gasteiger partial charge in [-0.05, 0) is 72.1 Å². The summed E-state index contributed by atoms with van der Waals surface area (Å²) in [5, 5.41) is 0. The van der Waals surface area contributed by atoms with Crippen molar-refractivity contribution in [2.24, 2.45) is 0 Å². The van der Waals surface area contributed by atoms with Crippen LogP contribution < -0.4 is 0 Å². The lowest BCUT2D eigenvalue weighted by atomic mass is 10.1. The summed E-state index contributed by atoms with van der Waals surface area (Å²) in [6, 6.07) is 0. The van der Waals surface area contributed by atoms with Gasteiger partial charge in [0, 0.05) is 0 Å². The van der Waals surface area contributed by atoms with Crippen molar-refractivity contribution in [1.29, 1.82) is 0 Å². The summed E-state index contributed by atoms with van der Waals surface area (Å²) in [5.41, 5.74) is 0. The fraction of sp³-hybridized carbons (Fsp3) is 0.778. The summed E-state index contributed by atoms with van der Waals surface area (Å²) in [5.74, 6) is 0. The highest BCUT2D eigenvalue weighted by Crippen LogP contribution is 2.23. The molecule has 0 bridgehead atoms. The zero-order chi connectivity index (χ0) is 8.69. The Hall–Kier alpha value is 1.20. The molecule has 0 aliphatic rings. The van der Waals surface area contributed by atoms with Crippen molar-refractivity contribution in [1.82, 2.24) is 0 Å². The van der Waals surface area contributed by atoms with Crippen LogP contribution in [0.3, 0.4) is 0 Å². The Morgan fingerprint density at radius 3 is 2.18 bits per heavy atom. The number of hydrogen-bond acceptors (Lipinski definition) is 0. The van der Waals surface area contributed by atoms with E-state index in [2.05, 4.69) is 59.0 Å². The predicted molar refractivity (Wildman–Crippen MR) is 69.5 cm³/mol. The highest BCUT2D eigenvalue weighted by molar-refractivity contribution is 14.1. The van der Waals surface area contributed by atoms with Crippen LogP contribution >= 0.6 is 45.2 Å². The third-order valence-electron chi connectivity index (χ3n) is 1.62. The van der Waals surface area contributed by atoms with Crippen LogP contribution in [0.2, 0.25) is 0 Å². The third kappa shape index (κ3) is 7.56. The second-order valence-corrected chi connectivity index (χ2v) is 5.67. The van der Waals surface area contributed by atoms with Crippen LogP contribution in [-0.2, 0) is 0 Å². The standard InChI is InChI=1S/C9H16I2/c1-3-4-5-6-7-9(11)8(2)10/h3-7H2,1-2H3/b9-8-. The van der Waals surface area contributed by atoms with Crippen LogP contribution in [0.15, 0.2) is 7.16 Å². The molecule has 0 aromatic heterocycles. The van der Waals surface area contributed by atoms with Crippen LogP contribution in [0.25, 0.3) is 0 Å². The Balaban J connectivity index is 3.32. The Morgan fingerprint density at radius 1 is 1.09 bits per heavy atom. The van der Waals surface area contributed by atoms with Crippen molar-refractivity contribution in [3.63, 3.8) is 0 Å². The van der Waals surface area contributed by atoms with Gasteiger partial charge in [0.25, 0.3) is 0 Å². The summed E-state index contributed by atoms with van der Waals surface area (Å²) in [7, 11) is 0. The van der Waals surface area contributed by atoms with E-state index in [1.54, 1.807) is 3.58 Å². The first-order chi connectivity index (χ1) is 5.18. The molecule has 0 rings (SSSR count). The Bertz CT molecular complexity index is 124.